The zero-order valence-electron chi connectivity index (χ0n) is 16.2. The van der Waals surface area contributed by atoms with Gasteiger partial charge in [0.25, 0.3) is 5.56 Å². The van der Waals surface area contributed by atoms with Gasteiger partial charge in [-0.2, -0.15) is 0 Å². The highest BCUT2D eigenvalue weighted by molar-refractivity contribution is 7.80. The largest absolute Gasteiger partial charge is 0.497 e. The molecule has 0 bridgehead atoms. The van der Waals surface area contributed by atoms with Crippen LogP contribution in [0.25, 0.3) is 5.69 Å². The summed E-state index contributed by atoms with van der Waals surface area (Å²) in [5, 5.41) is 6.65. The van der Waals surface area contributed by atoms with Gasteiger partial charge in [-0.15, -0.1) is 0 Å². The van der Waals surface area contributed by atoms with Gasteiger partial charge in [0.1, 0.15) is 11.4 Å². The van der Waals surface area contributed by atoms with E-state index in [1.165, 1.54) is 5.56 Å². The van der Waals surface area contributed by atoms with Crippen LogP contribution in [0.2, 0.25) is 0 Å². The Morgan fingerprint density at radius 3 is 2.43 bits per heavy atom. The maximum atomic E-state index is 12.9. The van der Waals surface area contributed by atoms with Gasteiger partial charge in [-0.25, -0.2) is 4.68 Å². The van der Waals surface area contributed by atoms with Crippen LogP contribution in [-0.4, -0.2) is 28.1 Å². The number of hydrogen-bond donors (Lipinski definition) is 2. The Bertz CT molecular complexity index is 1010. The average molecular weight is 397 g/mol. The number of ether oxygens (including phenoxy) is 1. The van der Waals surface area contributed by atoms with Crippen LogP contribution in [-0.2, 0) is 13.5 Å². The molecule has 0 amide bonds. The predicted molar refractivity (Wildman–Crippen MR) is 117 cm³/mol. The molecule has 0 saturated heterocycles. The van der Waals surface area contributed by atoms with E-state index in [1.807, 2.05) is 73.3 Å². The highest BCUT2D eigenvalue weighted by Crippen LogP contribution is 2.14. The molecule has 1 aromatic heterocycles. The van der Waals surface area contributed by atoms with Gasteiger partial charge in [-0.3, -0.25) is 9.48 Å². The van der Waals surface area contributed by atoms with E-state index in [0.717, 1.165) is 23.6 Å². The fourth-order valence-electron chi connectivity index (χ4n) is 2.98. The maximum absolute atomic E-state index is 12.9. The first-order valence-corrected chi connectivity index (χ1v) is 9.44. The molecule has 2 N–H and O–H groups in total. The third-order valence-corrected chi connectivity index (χ3v) is 4.90. The Labute approximate surface area is 169 Å². The molecule has 0 radical (unpaired) electrons. The highest BCUT2D eigenvalue weighted by atomic mass is 32.1. The molecule has 0 unspecified atom stereocenters. The van der Waals surface area contributed by atoms with Gasteiger partial charge >= 0.3 is 0 Å². The molecule has 0 spiro atoms. The van der Waals surface area contributed by atoms with Gasteiger partial charge in [0.05, 0.1) is 18.5 Å². The molecule has 146 valence electrons. The van der Waals surface area contributed by atoms with Crippen LogP contribution in [0.4, 0.5) is 5.69 Å². The fourth-order valence-corrected chi connectivity index (χ4v) is 3.19. The molecule has 7 heteroatoms. The summed E-state index contributed by atoms with van der Waals surface area (Å²) in [6.07, 6.45) is 0.813. The van der Waals surface area contributed by atoms with Crippen molar-refractivity contribution in [2.75, 3.05) is 19.0 Å². The maximum Gasteiger partial charge on any atom is 0.295 e. The summed E-state index contributed by atoms with van der Waals surface area (Å²) in [4.78, 5) is 12.9. The molecule has 0 aliphatic carbocycles. The number of aromatic nitrogens is 2. The molecular weight excluding hydrogens is 372 g/mol. The number of rotatable bonds is 6. The Morgan fingerprint density at radius 1 is 1.11 bits per heavy atom. The van der Waals surface area contributed by atoms with Crippen molar-refractivity contribution in [2.45, 2.75) is 13.3 Å². The minimum absolute atomic E-state index is 0.134. The van der Waals surface area contributed by atoms with Crippen LogP contribution in [0.15, 0.2) is 59.4 Å². The second-order valence-corrected chi connectivity index (χ2v) is 6.82. The van der Waals surface area contributed by atoms with Crippen molar-refractivity contribution >= 4 is 23.0 Å². The topological polar surface area (TPSA) is 60.2 Å². The van der Waals surface area contributed by atoms with E-state index in [2.05, 4.69) is 10.6 Å². The number of nitrogens with one attached hydrogen (secondary N) is 2. The Hall–Kier alpha value is -3.06. The predicted octanol–water partition coefficient (Wildman–Crippen LogP) is 3.02. The van der Waals surface area contributed by atoms with Crippen molar-refractivity contribution in [1.29, 1.82) is 0 Å². The third kappa shape index (κ3) is 4.26. The number of methoxy groups -OCH3 is 1. The van der Waals surface area contributed by atoms with E-state index in [1.54, 1.807) is 11.8 Å². The van der Waals surface area contributed by atoms with Gasteiger partial charge in [-0.05, 0) is 55.4 Å². The van der Waals surface area contributed by atoms with Crippen molar-refractivity contribution in [3.63, 3.8) is 0 Å². The van der Waals surface area contributed by atoms with E-state index in [0.29, 0.717) is 17.3 Å². The first-order valence-electron chi connectivity index (χ1n) is 9.03. The van der Waals surface area contributed by atoms with Gasteiger partial charge < -0.3 is 15.4 Å². The Balaban J connectivity index is 1.65. The SMILES string of the molecule is COc1ccc(CCNC(=S)Nc2c(C)n(C)n(-c3ccccc3)c2=O)cc1. The van der Waals surface area contributed by atoms with Crippen molar-refractivity contribution in [1.82, 2.24) is 14.7 Å². The molecule has 0 atom stereocenters. The highest BCUT2D eigenvalue weighted by Gasteiger charge is 2.16. The minimum atomic E-state index is -0.134. The second-order valence-electron chi connectivity index (χ2n) is 6.42. The van der Waals surface area contributed by atoms with E-state index in [4.69, 9.17) is 17.0 Å². The summed E-state index contributed by atoms with van der Waals surface area (Å²) in [5.41, 5.74) is 3.15. The standard InChI is InChI=1S/C21H24N4O2S/c1-15-19(20(26)25(24(15)2)17-7-5-4-6-8-17)23-21(28)22-14-13-16-9-11-18(27-3)12-10-16/h4-12H,13-14H2,1-3H3,(H2,22,23,28). The molecule has 0 aliphatic heterocycles. The zero-order chi connectivity index (χ0) is 20.1. The molecule has 6 nitrogen and oxygen atoms in total. The van der Waals surface area contributed by atoms with Crippen molar-refractivity contribution < 1.29 is 4.74 Å². The smallest absolute Gasteiger partial charge is 0.295 e. The lowest BCUT2D eigenvalue weighted by Crippen LogP contribution is -2.32. The van der Waals surface area contributed by atoms with E-state index < -0.39 is 0 Å². The molecule has 0 saturated carbocycles. The summed E-state index contributed by atoms with van der Waals surface area (Å²) >= 11 is 5.38. The summed E-state index contributed by atoms with van der Waals surface area (Å²) < 4.78 is 8.61. The molecule has 28 heavy (non-hydrogen) atoms. The monoisotopic (exact) mass is 396 g/mol. The van der Waals surface area contributed by atoms with Crippen molar-refractivity contribution in [3.05, 3.63) is 76.2 Å². The number of anilines is 1. The lowest BCUT2D eigenvalue weighted by atomic mass is 10.1. The quantitative estimate of drug-likeness (QED) is 0.627. The Kier molecular flexibility index (Phi) is 6.16. The molecule has 1 heterocycles. The summed E-state index contributed by atoms with van der Waals surface area (Å²) in [7, 11) is 3.51. The van der Waals surface area contributed by atoms with Crippen molar-refractivity contribution in [2.24, 2.45) is 7.05 Å². The number of hydrogen-bond acceptors (Lipinski definition) is 3. The molecule has 3 rings (SSSR count). The van der Waals surface area contributed by atoms with Crippen LogP contribution in [0.3, 0.4) is 0 Å². The second kappa shape index (κ2) is 8.75. The van der Waals surface area contributed by atoms with Gasteiger partial charge in [0.2, 0.25) is 0 Å². The zero-order valence-corrected chi connectivity index (χ0v) is 17.0. The van der Waals surface area contributed by atoms with E-state index in [-0.39, 0.29) is 5.56 Å². The van der Waals surface area contributed by atoms with Crippen LogP contribution >= 0.6 is 12.2 Å². The van der Waals surface area contributed by atoms with Crippen LogP contribution in [0.5, 0.6) is 5.75 Å². The first-order chi connectivity index (χ1) is 13.5. The van der Waals surface area contributed by atoms with Gasteiger partial charge in [0, 0.05) is 13.6 Å². The number of para-hydroxylation sites is 1. The van der Waals surface area contributed by atoms with Crippen LogP contribution in [0, 0.1) is 6.92 Å². The number of benzene rings is 2. The minimum Gasteiger partial charge on any atom is -0.497 e. The summed E-state index contributed by atoms with van der Waals surface area (Å²) in [6, 6.07) is 17.5. The molecule has 3 aromatic rings. The fraction of sp³-hybridized carbons (Fsp3) is 0.238. The van der Waals surface area contributed by atoms with Crippen LogP contribution < -0.4 is 20.9 Å². The van der Waals surface area contributed by atoms with E-state index in [9.17, 15) is 4.79 Å². The Morgan fingerprint density at radius 2 is 1.79 bits per heavy atom. The number of nitrogens with zero attached hydrogens (tertiary/aromatic N) is 2. The molecule has 2 aromatic carbocycles. The lowest BCUT2D eigenvalue weighted by Gasteiger charge is -2.10. The van der Waals surface area contributed by atoms with Crippen LogP contribution in [0.1, 0.15) is 11.3 Å². The lowest BCUT2D eigenvalue weighted by molar-refractivity contribution is 0.414. The van der Waals surface area contributed by atoms with Gasteiger partial charge in [-0.1, -0.05) is 30.3 Å². The first kappa shape index (κ1) is 19.7. The van der Waals surface area contributed by atoms with E-state index >= 15 is 0 Å². The normalized spacial score (nSPS) is 10.5. The summed E-state index contributed by atoms with van der Waals surface area (Å²) in [5.74, 6) is 0.836. The summed E-state index contributed by atoms with van der Waals surface area (Å²) in [6.45, 7) is 2.56. The third-order valence-electron chi connectivity index (χ3n) is 4.65. The average Bonchev–Trinajstić information content (AvgIpc) is 2.92. The molecule has 0 fully saturated rings. The molecule has 0 aliphatic rings. The van der Waals surface area contributed by atoms with Gasteiger partial charge in [0.15, 0.2) is 5.11 Å². The van der Waals surface area contributed by atoms with Crippen molar-refractivity contribution in [3.8, 4) is 11.4 Å². The number of thiocarbonyl (C=S) groups is 1. The molecular formula is C21H24N4O2S.